The maximum Gasteiger partial charge on any atom is 0.416 e. The number of alkyl halides is 3. The van der Waals surface area contributed by atoms with E-state index < -0.39 is 23.9 Å². The van der Waals surface area contributed by atoms with Gasteiger partial charge in [-0.25, -0.2) is 9.59 Å². The fourth-order valence-corrected chi connectivity index (χ4v) is 3.33. The fourth-order valence-electron chi connectivity index (χ4n) is 3.33. The standard InChI is InChI=1S/C21H24F3N5O3/c1-14-3-4-17(12-25-14)26-19(30)27-18-10-15(9-16(11-18)21(22,23)24)13-28-5-7-29(8-6-28)20(31)32-2/h3-4,9-12H,5-8,13H2,1-2H3,(H2,26,27,30). The first-order valence-corrected chi connectivity index (χ1v) is 9.91. The van der Waals surface area contributed by atoms with Crippen LogP contribution in [0.4, 0.5) is 34.1 Å². The van der Waals surface area contributed by atoms with Crippen molar-refractivity contribution in [1.29, 1.82) is 0 Å². The van der Waals surface area contributed by atoms with Gasteiger partial charge in [-0.15, -0.1) is 0 Å². The first-order chi connectivity index (χ1) is 15.1. The zero-order valence-electron chi connectivity index (χ0n) is 17.7. The van der Waals surface area contributed by atoms with Crippen LogP contribution in [0.25, 0.3) is 0 Å². The monoisotopic (exact) mass is 451 g/mol. The Bertz CT molecular complexity index is 958. The van der Waals surface area contributed by atoms with Crippen LogP contribution in [-0.2, 0) is 17.5 Å². The van der Waals surface area contributed by atoms with Crippen LogP contribution in [0.3, 0.4) is 0 Å². The summed E-state index contributed by atoms with van der Waals surface area (Å²) in [6, 6.07) is 6.15. The van der Waals surface area contributed by atoms with Crippen LogP contribution in [-0.4, -0.2) is 60.2 Å². The van der Waals surface area contributed by atoms with Gasteiger partial charge in [0.05, 0.1) is 24.6 Å². The number of carbonyl (C=O) groups is 2. The second-order valence-electron chi connectivity index (χ2n) is 7.42. The molecule has 2 aromatic rings. The molecule has 2 heterocycles. The van der Waals surface area contributed by atoms with Crippen molar-refractivity contribution in [2.24, 2.45) is 0 Å². The van der Waals surface area contributed by atoms with Crippen molar-refractivity contribution < 1.29 is 27.5 Å². The van der Waals surface area contributed by atoms with Crippen LogP contribution in [0.2, 0.25) is 0 Å². The SMILES string of the molecule is COC(=O)N1CCN(Cc2cc(NC(=O)Nc3ccc(C)nc3)cc(C(F)(F)F)c2)CC1. The minimum absolute atomic E-state index is 0.0283. The lowest BCUT2D eigenvalue weighted by molar-refractivity contribution is -0.137. The van der Waals surface area contributed by atoms with Crippen molar-refractivity contribution in [3.63, 3.8) is 0 Å². The summed E-state index contributed by atoms with van der Waals surface area (Å²) in [5.41, 5.74) is 0.768. The molecule has 3 amide bonds. The zero-order valence-corrected chi connectivity index (χ0v) is 17.7. The Labute approximate surface area is 183 Å². The first kappa shape index (κ1) is 23.3. The van der Waals surface area contributed by atoms with Crippen LogP contribution in [0.1, 0.15) is 16.8 Å². The summed E-state index contributed by atoms with van der Waals surface area (Å²) >= 11 is 0. The van der Waals surface area contributed by atoms with Crippen molar-refractivity contribution >= 4 is 23.5 Å². The lowest BCUT2D eigenvalue weighted by Crippen LogP contribution is -2.48. The average Bonchev–Trinajstić information content (AvgIpc) is 2.74. The van der Waals surface area contributed by atoms with Crippen LogP contribution < -0.4 is 10.6 Å². The molecule has 11 heteroatoms. The molecule has 1 aliphatic heterocycles. The molecule has 0 atom stereocenters. The molecule has 2 N–H and O–H groups in total. The molecule has 1 fully saturated rings. The average molecular weight is 451 g/mol. The van der Waals surface area contributed by atoms with Crippen molar-refractivity contribution in [2.75, 3.05) is 43.9 Å². The summed E-state index contributed by atoms with van der Waals surface area (Å²) in [4.78, 5) is 31.4. The quantitative estimate of drug-likeness (QED) is 0.736. The molecule has 8 nitrogen and oxygen atoms in total. The number of methoxy groups -OCH3 is 1. The summed E-state index contributed by atoms with van der Waals surface area (Å²) in [6.07, 6.45) is -3.53. The molecule has 1 aromatic carbocycles. The Morgan fingerprint density at radius 2 is 1.75 bits per heavy atom. The number of rotatable bonds is 4. The molecule has 0 unspecified atom stereocenters. The number of anilines is 2. The van der Waals surface area contributed by atoms with Gasteiger partial charge in [0.25, 0.3) is 0 Å². The fraction of sp³-hybridized carbons (Fsp3) is 0.381. The van der Waals surface area contributed by atoms with Gasteiger partial charge in [0.1, 0.15) is 0 Å². The number of aryl methyl sites for hydroxylation is 1. The van der Waals surface area contributed by atoms with Gasteiger partial charge >= 0.3 is 18.3 Å². The van der Waals surface area contributed by atoms with Crippen LogP contribution >= 0.6 is 0 Å². The van der Waals surface area contributed by atoms with E-state index in [2.05, 4.69) is 15.6 Å². The second kappa shape index (κ2) is 9.86. The van der Waals surface area contributed by atoms with Crippen molar-refractivity contribution in [1.82, 2.24) is 14.8 Å². The highest BCUT2D eigenvalue weighted by Crippen LogP contribution is 2.32. The minimum atomic E-state index is -4.56. The predicted molar refractivity (Wildman–Crippen MR) is 112 cm³/mol. The van der Waals surface area contributed by atoms with Gasteiger partial charge in [-0.2, -0.15) is 13.2 Å². The third-order valence-corrected chi connectivity index (χ3v) is 4.96. The number of aromatic nitrogens is 1. The van der Waals surface area contributed by atoms with E-state index in [0.717, 1.165) is 17.8 Å². The summed E-state index contributed by atoms with van der Waals surface area (Å²) in [5, 5.41) is 5.00. The lowest BCUT2D eigenvalue weighted by atomic mass is 10.1. The van der Waals surface area contributed by atoms with Crippen molar-refractivity contribution in [2.45, 2.75) is 19.6 Å². The maximum absolute atomic E-state index is 13.4. The normalized spacial score (nSPS) is 14.7. The Morgan fingerprint density at radius 1 is 1.06 bits per heavy atom. The molecule has 0 radical (unpaired) electrons. The van der Waals surface area contributed by atoms with E-state index in [1.807, 2.05) is 4.90 Å². The number of halogens is 3. The molecule has 0 saturated carbocycles. The predicted octanol–water partition coefficient (Wildman–Crippen LogP) is 3.94. The number of hydrogen-bond donors (Lipinski definition) is 2. The topological polar surface area (TPSA) is 86.8 Å². The summed E-state index contributed by atoms with van der Waals surface area (Å²) in [5.74, 6) is 0. The number of ether oxygens (including phenoxy) is 1. The van der Waals surface area contributed by atoms with Gasteiger partial charge in [-0.1, -0.05) is 0 Å². The highest BCUT2D eigenvalue weighted by molar-refractivity contribution is 5.99. The van der Waals surface area contributed by atoms with Crippen LogP contribution in [0.5, 0.6) is 0 Å². The zero-order chi connectivity index (χ0) is 23.3. The number of pyridine rings is 1. The van der Waals surface area contributed by atoms with Gasteiger partial charge < -0.3 is 20.3 Å². The van der Waals surface area contributed by atoms with Crippen LogP contribution in [0, 0.1) is 6.92 Å². The number of benzene rings is 1. The minimum Gasteiger partial charge on any atom is -0.453 e. The molecule has 0 aliphatic carbocycles. The maximum atomic E-state index is 13.4. The van der Waals surface area contributed by atoms with Crippen LogP contribution in [0.15, 0.2) is 36.5 Å². The molecule has 172 valence electrons. The van der Waals surface area contributed by atoms with Gasteiger partial charge in [-0.3, -0.25) is 9.88 Å². The third kappa shape index (κ3) is 6.33. The van der Waals surface area contributed by atoms with E-state index >= 15 is 0 Å². The van der Waals surface area contributed by atoms with E-state index in [0.29, 0.717) is 37.4 Å². The second-order valence-corrected chi connectivity index (χ2v) is 7.42. The first-order valence-electron chi connectivity index (χ1n) is 9.91. The highest BCUT2D eigenvalue weighted by Gasteiger charge is 2.32. The molecular formula is C21H24F3N5O3. The Balaban J connectivity index is 1.70. The van der Waals surface area contributed by atoms with Gasteiger partial charge in [0.2, 0.25) is 0 Å². The van der Waals surface area contributed by atoms with Gasteiger partial charge in [0.15, 0.2) is 0 Å². The summed E-state index contributed by atoms with van der Waals surface area (Å²) in [7, 11) is 1.30. The largest absolute Gasteiger partial charge is 0.453 e. The van der Waals surface area contributed by atoms with E-state index in [1.54, 1.807) is 24.0 Å². The Kier molecular flexibility index (Phi) is 7.18. The molecule has 32 heavy (non-hydrogen) atoms. The summed E-state index contributed by atoms with van der Waals surface area (Å²) < 4.78 is 44.9. The van der Waals surface area contributed by atoms with E-state index in [1.165, 1.54) is 19.4 Å². The number of piperazine rings is 1. The van der Waals surface area contributed by atoms with E-state index in [9.17, 15) is 22.8 Å². The number of nitrogens with zero attached hydrogens (tertiary/aromatic N) is 3. The molecule has 0 bridgehead atoms. The Morgan fingerprint density at radius 3 is 2.34 bits per heavy atom. The van der Waals surface area contributed by atoms with Crippen molar-refractivity contribution in [3.05, 3.63) is 53.3 Å². The number of nitrogens with one attached hydrogen (secondary N) is 2. The number of carbonyl (C=O) groups excluding carboxylic acids is 2. The molecule has 1 saturated heterocycles. The highest BCUT2D eigenvalue weighted by atomic mass is 19.4. The van der Waals surface area contributed by atoms with Gasteiger partial charge in [-0.05, 0) is 42.8 Å². The molecular weight excluding hydrogens is 427 g/mol. The van der Waals surface area contributed by atoms with E-state index in [-0.39, 0.29) is 12.2 Å². The smallest absolute Gasteiger partial charge is 0.416 e. The van der Waals surface area contributed by atoms with Crippen molar-refractivity contribution in [3.8, 4) is 0 Å². The number of amides is 3. The molecule has 1 aliphatic rings. The number of urea groups is 1. The van der Waals surface area contributed by atoms with E-state index in [4.69, 9.17) is 4.74 Å². The molecule has 3 rings (SSSR count). The third-order valence-electron chi connectivity index (χ3n) is 4.96. The Hall–Kier alpha value is -3.34. The van der Waals surface area contributed by atoms with Gasteiger partial charge in [0, 0.05) is 44.1 Å². The molecule has 1 aromatic heterocycles. The molecule has 0 spiro atoms. The summed E-state index contributed by atoms with van der Waals surface area (Å²) in [6.45, 7) is 3.87. The number of hydrogen-bond acceptors (Lipinski definition) is 5. The lowest BCUT2D eigenvalue weighted by Gasteiger charge is -2.33.